The Morgan fingerprint density at radius 1 is 1.30 bits per heavy atom. The summed E-state index contributed by atoms with van der Waals surface area (Å²) in [5.41, 5.74) is 3.11. The Kier molecular flexibility index (Phi) is 5.87. The predicted molar refractivity (Wildman–Crippen MR) is 89.0 cm³/mol. The van der Waals surface area contributed by atoms with Crippen molar-refractivity contribution in [1.29, 1.82) is 0 Å². The molecule has 0 bridgehead atoms. The highest BCUT2D eigenvalue weighted by Gasteiger charge is 2.18. The van der Waals surface area contributed by atoms with E-state index in [1.165, 1.54) is 20.5 Å². The molecule has 23 heavy (non-hydrogen) atoms. The first kappa shape index (κ1) is 17.1. The maximum Gasteiger partial charge on any atom is 0.341 e. The monoisotopic (exact) mass is 333 g/mol. The number of aryl methyl sites for hydroxylation is 2. The molecule has 0 unspecified atom stereocenters. The fraction of sp³-hybridized carbons (Fsp3) is 0.294. The lowest BCUT2D eigenvalue weighted by Gasteiger charge is -2.11. The fourth-order valence-corrected chi connectivity index (χ4v) is 3.34. The molecule has 0 spiro atoms. The molecule has 0 N–H and O–H groups in total. The summed E-state index contributed by atoms with van der Waals surface area (Å²) in [5.74, 6) is 1.09. The van der Waals surface area contributed by atoms with Crippen LogP contribution in [0.25, 0.3) is 5.57 Å². The third kappa shape index (κ3) is 3.96. The summed E-state index contributed by atoms with van der Waals surface area (Å²) in [5, 5.41) is 3.96. The van der Waals surface area contributed by atoms with Crippen LogP contribution in [0.5, 0.6) is 0 Å². The maximum absolute atomic E-state index is 12.0. The van der Waals surface area contributed by atoms with E-state index in [0.29, 0.717) is 11.3 Å². The second-order valence-corrected chi connectivity index (χ2v) is 5.86. The van der Waals surface area contributed by atoms with Gasteiger partial charge in [0, 0.05) is 21.8 Å². The summed E-state index contributed by atoms with van der Waals surface area (Å²) < 4.78 is 15.1. The van der Waals surface area contributed by atoms with Crippen molar-refractivity contribution in [1.82, 2.24) is 5.16 Å². The van der Waals surface area contributed by atoms with Crippen LogP contribution >= 0.6 is 11.8 Å². The number of carbonyl (C=O) groups excluding carboxylic acids is 1. The van der Waals surface area contributed by atoms with Crippen molar-refractivity contribution in [3.05, 3.63) is 53.1 Å². The quantitative estimate of drug-likeness (QED) is 0.347. The van der Waals surface area contributed by atoms with Gasteiger partial charge in [-0.05, 0) is 19.9 Å². The number of carbonyl (C=O) groups is 1. The number of methoxy groups -OCH3 is 2. The highest BCUT2D eigenvalue weighted by Crippen LogP contribution is 2.32. The van der Waals surface area contributed by atoms with Gasteiger partial charge in [-0.15, -0.1) is 11.8 Å². The molecule has 0 fully saturated rings. The van der Waals surface area contributed by atoms with Gasteiger partial charge in [-0.3, -0.25) is 0 Å². The van der Waals surface area contributed by atoms with Gasteiger partial charge in [0.1, 0.15) is 11.3 Å². The summed E-state index contributed by atoms with van der Waals surface area (Å²) in [6.07, 6.45) is 1.40. The number of esters is 1. The largest absolute Gasteiger partial charge is 0.503 e. The molecule has 0 aliphatic rings. The molecule has 2 aromatic rings. The molecule has 5 nitrogen and oxygen atoms in total. The first-order valence-corrected chi connectivity index (χ1v) is 8.02. The van der Waals surface area contributed by atoms with Crippen LogP contribution in [0.15, 0.2) is 39.9 Å². The van der Waals surface area contributed by atoms with Gasteiger partial charge in [-0.2, -0.15) is 0 Å². The number of hydrogen-bond donors (Lipinski definition) is 0. The van der Waals surface area contributed by atoms with Crippen molar-refractivity contribution in [3.8, 4) is 0 Å². The van der Waals surface area contributed by atoms with Crippen molar-refractivity contribution in [2.45, 2.75) is 24.5 Å². The molecule has 0 amide bonds. The molecule has 0 radical (unpaired) electrons. The lowest BCUT2D eigenvalue weighted by molar-refractivity contribution is -0.133. The molecule has 1 aromatic heterocycles. The van der Waals surface area contributed by atoms with Gasteiger partial charge in [0.2, 0.25) is 0 Å². The summed E-state index contributed by atoms with van der Waals surface area (Å²) in [7, 11) is 2.86. The Balaban J connectivity index is 2.30. The van der Waals surface area contributed by atoms with Crippen LogP contribution in [-0.2, 0) is 20.0 Å². The highest BCUT2D eigenvalue weighted by molar-refractivity contribution is 7.98. The summed E-state index contributed by atoms with van der Waals surface area (Å²) >= 11 is 1.61. The lowest BCUT2D eigenvalue weighted by atomic mass is 10.1. The van der Waals surface area contributed by atoms with Crippen molar-refractivity contribution < 1.29 is 18.8 Å². The van der Waals surface area contributed by atoms with Crippen LogP contribution < -0.4 is 0 Å². The standard InChI is InChI=1S/C17H19NO4S/c1-11-15(12(2)22-18-11)10-23-16-8-6-5-7-13(16)14(9-20-3)17(19)21-4/h5-9H,10H2,1-4H3/b14-9+. The summed E-state index contributed by atoms with van der Waals surface area (Å²) in [4.78, 5) is 13.0. The van der Waals surface area contributed by atoms with Crippen LogP contribution in [0, 0.1) is 13.8 Å². The summed E-state index contributed by atoms with van der Waals surface area (Å²) in [6.45, 7) is 3.81. The van der Waals surface area contributed by atoms with Crippen molar-refractivity contribution in [2.75, 3.05) is 14.2 Å². The van der Waals surface area contributed by atoms with Gasteiger partial charge >= 0.3 is 5.97 Å². The molecule has 0 atom stereocenters. The van der Waals surface area contributed by atoms with Gasteiger partial charge in [0.15, 0.2) is 0 Å². The molecule has 1 aromatic carbocycles. The maximum atomic E-state index is 12.0. The Hall–Kier alpha value is -2.21. The zero-order valence-corrected chi connectivity index (χ0v) is 14.4. The van der Waals surface area contributed by atoms with Crippen molar-refractivity contribution in [3.63, 3.8) is 0 Å². The number of thioether (sulfide) groups is 1. The molecule has 6 heteroatoms. The van der Waals surface area contributed by atoms with E-state index in [1.807, 2.05) is 38.1 Å². The molecule has 0 saturated heterocycles. The van der Waals surface area contributed by atoms with Crippen LogP contribution in [0.1, 0.15) is 22.6 Å². The number of aromatic nitrogens is 1. The Bertz CT molecular complexity index is 702. The van der Waals surface area contributed by atoms with E-state index in [4.69, 9.17) is 14.0 Å². The van der Waals surface area contributed by atoms with E-state index in [0.717, 1.165) is 27.5 Å². The number of benzene rings is 1. The SMILES string of the molecule is CO/C=C(/C(=O)OC)c1ccccc1SCc1c(C)noc1C. The molecule has 0 aliphatic heterocycles. The van der Waals surface area contributed by atoms with Crippen molar-refractivity contribution >= 4 is 23.3 Å². The third-order valence-electron chi connectivity index (χ3n) is 3.37. The average Bonchev–Trinajstić information content (AvgIpc) is 2.89. The molecule has 0 aliphatic carbocycles. The fourth-order valence-electron chi connectivity index (χ4n) is 2.12. The normalized spacial score (nSPS) is 11.4. The minimum absolute atomic E-state index is 0.386. The second-order valence-electron chi connectivity index (χ2n) is 4.85. The van der Waals surface area contributed by atoms with Gasteiger partial charge in [0.25, 0.3) is 0 Å². The molecule has 1 heterocycles. The van der Waals surface area contributed by atoms with E-state index < -0.39 is 5.97 Å². The number of nitrogens with zero attached hydrogens (tertiary/aromatic N) is 1. The zero-order valence-electron chi connectivity index (χ0n) is 13.6. The number of rotatable bonds is 6. The number of ether oxygens (including phenoxy) is 2. The van der Waals surface area contributed by atoms with Crippen LogP contribution in [0.4, 0.5) is 0 Å². The Labute approximate surface area is 139 Å². The predicted octanol–water partition coefficient (Wildman–Crippen LogP) is 3.74. The Morgan fingerprint density at radius 2 is 2.04 bits per heavy atom. The van der Waals surface area contributed by atoms with E-state index in [-0.39, 0.29) is 0 Å². The third-order valence-corrected chi connectivity index (χ3v) is 4.47. The molecule has 122 valence electrons. The molecule has 0 saturated carbocycles. The smallest absolute Gasteiger partial charge is 0.341 e. The van der Waals surface area contributed by atoms with Gasteiger partial charge < -0.3 is 14.0 Å². The zero-order chi connectivity index (χ0) is 16.8. The second kappa shape index (κ2) is 7.87. The minimum atomic E-state index is -0.433. The van der Waals surface area contributed by atoms with Gasteiger partial charge in [-0.25, -0.2) is 4.79 Å². The first-order valence-electron chi connectivity index (χ1n) is 7.03. The van der Waals surface area contributed by atoms with Crippen LogP contribution in [0.3, 0.4) is 0 Å². The number of hydrogen-bond acceptors (Lipinski definition) is 6. The van der Waals surface area contributed by atoms with Gasteiger partial charge in [-0.1, -0.05) is 23.4 Å². The van der Waals surface area contributed by atoms with Gasteiger partial charge in [0.05, 0.1) is 26.2 Å². The topological polar surface area (TPSA) is 61.6 Å². The molecule has 2 rings (SSSR count). The van der Waals surface area contributed by atoms with Crippen LogP contribution in [0.2, 0.25) is 0 Å². The van der Waals surface area contributed by atoms with E-state index in [2.05, 4.69) is 5.16 Å². The lowest BCUT2D eigenvalue weighted by Crippen LogP contribution is -2.05. The van der Waals surface area contributed by atoms with Crippen molar-refractivity contribution in [2.24, 2.45) is 0 Å². The molecular weight excluding hydrogens is 314 g/mol. The Morgan fingerprint density at radius 3 is 2.65 bits per heavy atom. The molecular formula is C17H19NO4S. The van der Waals surface area contributed by atoms with Crippen LogP contribution in [-0.4, -0.2) is 25.3 Å². The van der Waals surface area contributed by atoms with E-state index in [9.17, 15) is 4.79 Å². The minimum Gasteiger partial charge on any atom is -0.503 e. The average molecular weight is 333 g/mol. The summed E-state index contributed by atoms with van der Waals surface area (Å²) in [6, 6.07) is 7.64. The highest BCUT2D eigenvalue weighted by atomic mass is 32.2. The van der Waals surface area contributed by atoms with E-state index in [1.54, 1.807) is 11.8 Å². The first-order chi connectivity index (χ1) is 11.1. The van der Waals surface area contributed by atoms with E-state index >= 15 is 0 Å².